The van der Waals surface area contributed by atoms with Gasteiger partial charge in [0.25, 0.3) is 0 Å². The minimum absolute atomic E-state index is 0.206. The Labute approximate surface area is 122 Å². The molecule has 0 saturated heterocycles. The quantitative estimate of drug-likeness (QED) is 0.748. The summed E-state index contributed by atoms with van der Waals surface area (Å²) in [6, 6.07) is 3.47. The molecule has 0 radical (unpaired) electrons. The van der Waals surface area contributed by atoms with Crippen LogP contribution in [0.15, 0.2) is 17.0 Å². The molecule has 1 rings (SSSR count). The van der Waals surface area contributed by atoms with Gasteiger partial charge >= 0.3 is 0 Å². The number of benzene rings is 1. The lowest BCUT2D eigenvalue weighted by Crippen LogP contribution is -2.35. The van der Waals surface area contributed by atoms with Crippen LogP contribution in [0.3, 0.4) is 0 Å². The summed E-state index contributed by atoms with van der Waals surface area (Å²) >= 11 is 0. The maximum Gasteiger partial charge on any atom is 0.242 e. The summed E-state index contributed by atoms with van der Waals surface area (Å²) < 4.78 is 27.4. The Hall–Kier alpha value is -1.11. The van der Waals surface area contributed by atoms with Crippen molar-refractivity contribution in [1.29, 1.82) is 0 Å². The molecule has 0 aromatic heterocycles. The maximum absolute atomic E-state index is 12.4. The number of rotatable bonds is 7. The molecule has 0 aliphatic carbocycles. The summed E-state index contributed by atoms with van der Waals surface area (Å²) in [6.07, 6.45) is 0. The number of aryl methyl sites for hydroxylation is 1. The highest BCUT2D eigenvalue weighted by Gasteiger charge is 2.20. The molecule has 0 aliphatic heterocycles. The van der Waals surface area contributed by atoms with E-state index in [4.69, 9.17) is 5.73 Å². The molecule has 0 amide bonds. The van der Waals surface area contributed by atoms with E-state index in [0.717, 1.165) is 18.7 Å². The molecule has 5 nitrogen and oxygen atoms in total. The van der Waals surface area contributed by atoms with Gasteiger partial charge in [0, 0.05) is 13.1 Å². The van der Waals surface area contributed by atoms with Crippen molar-refractivity contribution in [2.45, 2.75) is 32.6 Å². The minimum Gasteiger partial charge on any atom is -0.398 e. The first-order chi connectivity index (χ1) is 9.33. The van der Waals surface area contributed by atoms with Crippen molar-refractivity contribution in [1.82, 2.24) is 9.62 Å². The molecule has 0 heterocycles. The molecule has 0 aliphatic rings. The van der Waals surface area contributed by atoms with Gasteiger partial charge in [-0.25, -0.2) is 13.1 Å². The van der Waals surface area contributed by atoms with Gasteiger partial charge in [0.05, 0.1) is 5.69 Å². The van der Waals surface area contributed by atoms with Crippen LogP contribution in [-0.2, 0) is 10.0 Å². The Bertz CT molecular complexity index is 552. The van der Waals surface area contributed by atoms with Gasteiger partial charge in [-0.05, 0) is 44.1 Å². The first-order valence-corrected chi connectivity index (χ1v) is 8.39. The monoisotopic (exact) mass is 299 g/mol. The van der Waals surface area contributed by atoms with Crippen LogP contribution in [0, 0.1) is 13.8 Å². The maximum atomic E-state index is 12.4. The van der Waals surface area contributed by atoms with Crippen LogP contribution in [0.25, 0.3) is 0 Å². The standard InChI is InChI=1S/C14H25N3O2S/c1-5-17(6-2)10-9-16-20(18,19)14-12(4)11(3)7-8-13(14)15/h7-8,16H,5-6,9-10,15H2,1-4H3. The Morgan fingerprint density at radius 2 is 1.80 bits per heavy atom. The molecule has 114 valence electrons. The summed E-state index contributed by atoms with van der Waals surface area (Å²) in [5.74, 6) is 0. The van der Waals surface area contributed by atoms with Crippen LogP contribution in [0.4, 0.5) is 5.69 Å². The lowest BCUT2D eigenvalue weighted by atomic mass is 10.1. The van der Waals surface area contributed by atoms with Gasteiger partial charge in [-0.1, -0.05) is 19.9 Å². The number of nitrogen functional groups attached to an aromatic ring is 1. The normalized spacial score (nSPS) is 12.1. The average Bonchev–Trinajstić information content (AvgIpc) is 2.39. The van der Waals surface area contributed by atoms with Gasteiger partial charge in [0.15, 0.2) is 0 Å². The molecule has 0 spiro atoms. The summed E-state index contributed by atoms with van der Waals surface area (Å²) in [6.45, 7) is 10.7. The van der Waals surface area contributed by atoms with Crippen LogP contribution in [0.5, 0.6) is 0 Å². The highest BCUT2D eigenvalue weighted by molar-refractivity contribution is 7.89. The SMILES string of the molecule is CCN(CC)CCNS(=O)(=O)c1c(N)ccc(C)c1C. The predicted octanol–water partition coefficient (Wildman–Crippen LogP) is 1.51. The van der Waals surface area contributed by atoms with Crippen molar-refractivity contribution in [3.8, 4) is 0 Å². The Kier molecular flexibility index (Phi) is 5.98. The number of sulfonamides is 1. The molecule has 0 unspecified atom stereocenters. The molecule has 0 atom stereocenters. The van der Waals surface area contributed by atoms with E-state index in [1.54, 1.807) is 13.0 Å². The van der Waals surface area contributed by atoms with Gasteiger partial charge in [-0.15, -0.1) is 0 Å². The van der Waals surface area contributed by atoms with Crippen molar-refractivity contribution >= 4 is 15.7 Å². The molecule has 0 fully saturated rings. The van der Waals surface area contributed by atoms with E-state index < -0.39 is 10.0 Å². The van der Waals surface area contributed by atoms with E-state index >= 15 is 0 Å². The first-order valence-electron chi connectivity index (χ1n) is 6.91. The Morgan fingerprint density at radius 1 is 1.20 bits per heavy atom. The largest absolute Gasteiger partial charge is 0.398 e. The van der Waals surface area contributed by atoms with E-state index in [9.17, 15) is 8.42 Å². The summed E-state index contributed by atoms with van der Waals surface area (Å²) in [5.41, 5.74) is 7.75. The zero-order valence-corrected chi connectivity index (χ0v) is 13.5. The van der Waals surface area contributed by atoms with Crippen LogP contribution in [0.1, 0.15) is 25.0 Å². The summed E-state index contributed by atoms with van der Waals surface area (Å²) in [7, 11) is -3.56. The van der Waals surface area contributed by atoms with Crippen LogP contribution >= 0.6 is 0 Å². The summed E-state index contributed by atoms with van der Waals surface area (Å²) in [4.78, 5) is 2.37. The Morgan fingerprint density at radius 3 is 2.35 bits per heavy atom. The second-order valence-corrected chi connectivity index (χ2v) is 6.55. The lowest BCUT2D eigenvalue weighted by Gasteiger charge is -2.19. The minimum atomic E-state index is -3.56. The number of hydrogen-bond donors (Lipinski definition) is 2. The van der Waals surface area contributed by atoms with Crippen molar-refractivity contribution in [2.75, 3.05) is 31.9 Å². The van der Waals surface area contributed by atoms with Crippen LogP contribution in [-0.4, -0.2) is 39.5 Å². The number of anilines is 1. The molecule has 0 bridgehead atoms. The van der Waals surface area contributed by atoms with E-state index in [1.165, 1.54) is 0 Å². The molecular formula is C14H25N3O2S. The number of hydrogen-bond acceptors (Lipinski definition) is 4. The molecule has 3 N–H and O–H groups in total. The second kappa shape index (κ2) is 7.06. The highest BCUT2D eigenvalue weighted by Crippen LogP contribution is 2.24. The van der Waals surface area contributed by atoms with Gasteiger partial charge in [0.1, 0.15) is 4.90 Å². The predicted molar refractivity (Wildman–Crippen MR) is 83.3 cm³/mol. The summed E-state index contributed by atoms with van der Waals surface area (Å²) in [5, 5.41) is 0. The topological polar surface area (TPSA) is 75.4 Å². The van der Waals surface area contributed by atoms with Crippen LogP contribution in [0.2, 0.25) is 0 Å². The third-order valence-electron chi connectivity index (χ3n) is 3.59. The zero-order valence-electron chi connectivity index (χ0n) is 12.7. The fourth-order valence-electron chi connectivity index (χ4n) is 2.12. The van der Waals surface area contributed by atoms with E-state index in [2.05, 4.69) is 23.5 Å². The fraction of sp³-hybridized carbons (Fsp3) is 0.571. The van der Waals surface area contributed by atoms with E-state index in [1.807, 2.05) is 13.0 Å². The van der Waals surface area contributed by atoms with Crippen LogP contribution < -0.4 is 10.5 Å². The number of nitrogens with zero attached hydrogens (tertiary/aromatic N) is 1. The van der Waals surface area contributed by atoms with Crippen molar-refractivity contribution in [3.63, 3.8) is 0 Å². The number of nitrogens with two attached hydrogens (primary N) is 1. The third kappa shape index (κ3) is 3.94. The second-order valence-electron chi connectivity index (χ2n) is 4.85. The van der Waals surface area contributed by atoms with Gasteiger partial charge in [-0.3, -0.25) is 0 Å². The zero-order chi connectivity index (χ0) is 15.3. The Balaban J connectivity index is 2.88. The number of nitrogens with one attached hydrogen (secondary N) is 1. The van der Waals surface area contributed by atoms with E-state index in [-0.39, 0.29) is 4.90 Å². The molecule has 1 aromatic rings. The van der Waals surface area contributed by atoms with Crippen molar-refractivity contribution in [3.05, 3.63) is 23.3 Å². The molecule has 0 saturated carbocycles. The third-order valence-corrected chi connectivity index (χ3v) is 5.25. The van der Waals surface area contributed by atoms with Gasteiger partial charge < -0.3 is 10.6 Å². The molecule has 1 aromatic carbocycles. The molecule has 20 heavy (non-hydrogen) atoms. The fourth-order valence-corrected chi connectivity index (χ4v) is 3.56. The number of likely N-dealkylation sites (N-methyl/N-ethyl adjacent to an activating group) is 1. The van der Waals surface area contributed by atoms with Gasteiger partial charge in [0.2, 0.25) is 10.0 Å². The molecule has 6 heteroatoms. The van der Waals surface area contributed by atoms with Gasteiger partial charge in [-0.2, -0.15) is 0 Å². The first kappa shape index (κ1) is 16.9. The molecular weight excluding hydrogens is 274 g/mol. The van der Waals surface area contributed by atoms with Crippen molar-refractivity contribution < 1.29 is 8.42 Å². The smallest absolute Gasteiger partial charge is 0.242 e. The average molecular weight is 299 g/mol. The van der Waals surface area contributed by atoms with E-state index in [0.29, 0.717) is 24.3 Å². The van der Waals surface area contributed by atoms with Crippen molar-refractivity contribution in [2.24, 2.45) is 0 Å². The lowest BCUT2D eigenvalue weighted by molar-refractivity contribution is 0.309. The highest BCUT2D eigenvalue weighted by atomic mass is 32.2.